The second-order valence-electron chi connectivity index (χ2n) is 7.47. The van der Waals surface area contributed by atoms with Crippen LogP contribution in [0.4, 0.5) is 0 Å². The molecule has 0 heterocycles. The van der Waals surface area contributed by atoms with Crippen molar-refractivity contribution < 1.29 is 19.1 Å². The summed E-state index contributed by atoms with van der Waals surface area (Å²) < 4.78 is 10.7. The van der Waals surface area contributed by atoms with Crippen LogP contribution < -0.4 is 10.1 Å². The first-order valence-electron chi connectivity index (χ1n) is 10.3. The Hall–Kier alpha value is -3.31. The van der Waals surface area contributed by atoms with Crippen molar-refractivity contribution >= 4 is 23.5 Å². The van der Waals surface area contributed by atoms with Crippen LogP contribution in [0.3, 0.4) is 0 Å². The van der Waals surface area contributed by atoms with Gasteiger partial charge in [-0.3, -0.25) is 4.79 Å². The molecule has 0 aliphatic rings. The van der Waals surface area contributed by atoms with Crippen LogP contribution in [0.1, 0.15) is 50.4 Å². The van der Waals surface area contributed by atoms with Crippen LogP contribution in [0.2, 0.25) is 5.02 Å². The third kappa shape index (κ3) is 5.89. The van der Waals surface area contributed by atoms with E-state index in [4.69, 9.17) is 21.1 Å². The topological polar surface area (TPSA) is 64.6 Å². The van der Waals surface area contributed by atoms with Crippen LogP contribution in [0.5, 0.6) is 5.75 Å². The van der Waals surface area contributed by atoms with Gasteiger partial charge >= 0.3 is 5.97 Å². The molecule has 0 radical (unpaired) electrons. The van der Waals surface area contributed by atoms with Crippen molar-refractivity contribution in [2.24, 2.45) is 0 Å². The van der Waals surface area contributed by atoms with Gasteiger partial charge in [0.1, 0.15) is 5.75 Å². The largest absolute Gasteiger partial charge is 0.492 e. The van der Waals surface area contributed by atoms with E-state index in [0.29, 0.717) is 28.5 Å². The summed E-state index contributed by atoms with van der Waals surface area (Å²) in [7, 11) is 1.34. The maximum absolute atomic E-state index is 13.0. The third-order valence-corrected chi connectivity index (χ3v) is 5.49. The lowest BCUT2D eigenvalue weighted by Gasteiger charge is -2.17. The summed E-state index contributed by atoms with van der Waals surface area (Å²) in [4.78, 5) is 24.6. The van der Waals surface area contributed by atoms with Crippen LogP contribution in [0.25, 0.3) is 0 Å². The third-order valence-electron chi connectivity index (χ3n) is 5.26. The molecule has 32 heavy (non-hydrogen) atoms. The Bertz CT molecular complexity index is 1100. The van der Waals surface area contributed by atoms with Gasteiger partial charge in [0.05, 0.1) is 30.9 Å². The van der Waals surface area contributed by atoms with Crippen molar-refractivity contribution in [3.8, 4) is 5.75 Å². The minimum absolute atomic E-state index is 0.284. The number of nitrogens with one attached hydrogen (secondary N) is 1. The molecule has 1 atom stereocenters. The van der Waals surface area contributed by atoms with E-state index < -0.39 is 5.97 Å². The molecule has 0 bridgehead atoms. The standard InChI is InChI=1S/C26H26ClNO4/c1-17-6-4-5-7-19(17)14-15-32-24-13-12-22(27)16-23(24)25(29)28-18(2)20-8-10-21(11-9-20)26(30)31-3/h4-13,16,18H,14-15H2,1-3H3,(H,28,29)/t18-/m0/s1. The summed E-state index contributed by atoms with van der Waals surface area (Å²) in [5.74, 6) is -0.212. The molecule has 0 saturated heterocycles. The number of esters is 1. The number of methoxy groups -OCH3 is 1. The van der Waals surface area contributed by atoms with Gasteiger partial charge in [-0.2, -0.15) is 0 Å². The summed E-state index contributed by atoms with van der Waals surface area (Å²) in [6.45, 7) is 4.38. The minimum atomic E-state index is -0.403. The van der Waals surface area contributed by atoms with E-state index in [1.807, 2.05) is 19.1 Å². The predicted molar refractivity (Wildman–Crippen MR) is 125 cm³/mol. The lowest BCUT2D eigenvalue weighted by atomic mass is 10.1. The number of benzene rings is 3. The molecule has 1 N–H and O–H groups in total. The van der Waals surface area contributed by atoms with E-state index in [0.717, 1.165) is 12.0 Å². The van der Waals surface area contributed by atoms with Crippen molar-refractivity contribution in [1.29, 1.82) is 0 Å². The molecule has 6 heteroatoms. The molecular formula is C26H26ClNO4. The van der Waals surface area contributed by atoms with Crippen LogP contribution in [-0.4, -0.2) is 25.6 Å². The van der Waals surface area contributed by atoms with Gasteiger partial charge in [-0.25, -0.2) is 4.79 Å². The zero-order valence-corrected chi connectivity index (χ0v) is 19.1. The molecule has 1 amide bonds. The van der Waals surface area contributed by atoms with Crippen LogP contribution >= 0.6 is 11.6 Å². The number of amides is 1. The summed E-state index contributed by atoms with van der Waals surface area (Å²) in [5, 5.41) is 3.42. The SMILES string of the molecule is COC(=O)c1ccc([C@H](C)NC(=O)c2cc(Cl)ccc2OCCc2ccccc2C)cc1. The van der Waals surface area contributed by atoms with Gasteiger partial charge in [0, 0.05) is 11.4 Å². The Morgan fingerprint density at radius 3 is 2.44 bits per heavy atom. The monoisotopic (exact) mass is 451 g/mol. The fourth-order valence-electron chi connectivity index (χ4n) is 3.35. The van der Waals surface area contributed by atoms with E-state index in [9.17, 15) is 9.59 Å². The second kappa shape index (κ2) is 10.8. The first-order valence-corrected chi connectivity index (χ1v) is 10.7. The summed E-state index contributed by atoms with van der Waals surface area (Å²) in [6, 6.07) is 19.8. The number of ether oxygens (including phenoxy) is 2. The Morgan fingerprint density at radius 1 is 1.03 bits per heavy atom. The van der Waals surface area contributed by atoms with Gasteiger partial charge < -0.3 is 14.8 Å². The number of carbonyl (C=O) groups is 2. The number of halogens is 1. The zero-order valence-electron chi connectivity index (χ0n) is 18.4. The van der Waals surface area contributed by atoms with Gasteiger partial charge in [-0.15, -0.1) is 0 Å². The lowest BCUT2D eigenvalue weighted by Crippen LogP contribution is -2.27. The van der Waals surface area contributed by atoms with Crippen LogP contribution in [-0.2, 0) is 11.2 Å². The normalized spacial score (nSPS) is 11.5. The quantitative estimate of drug-likeness (QED) is 0.456. The number of hydrogen-bond acceptors (Lipinski definition) is 4. The molecule has 0 aromatic heterocycles. The number of aryl methyl sites for hydroxylation is 1. The Labute approximate surface area is 193 Å². The second-order valence-corrected chi connectivity index (χ2v) is 7.91. The number of rotatable bonds is 8. The van der Waals surface area contributed by atoms with E-state index >= 15 is 0 Å². The van der Waals surface area contributed by atoms with Gasteiger partial charge in [0.15, 0.2) is 0 Å². The molecule has 0 spiro atoms. The first-order chi connectivity index (χ1) is 15.4. The first kappa shape index (κ1) is 23.4. The molecule has 0 fully saturated rings. The molecule has 3 aromatic carbocycles. The smallest absolute Gasteiger partial charge is 0.337 e. The van der Waals surface area contributed by atoms with Gasteiger partial charge in [-0.05, 0) is 60.9 Å². The summed E-state index contributed by atoms with van der Waals surface area (Å²) in [6.07, 6.45) is 0.735. The number of hydrogen-bond donors (Lipinski definition) is 1. The molecule has 166 valence electrons. The molecular weight excluding hydrogens is 426 g/mol. The molecule has 3 aromatic rings. The van der Waals surface area contributed by atoms with Gasteiger partial charge in [-0.1, -0.05) is 48.0 Å². The molecule has 0 aliphatic carbocycles. The van der Waals surface area contributed by atoms with Crippen molar-refractivity contribution in [1.82, 2.24) is 5.32 Å². The van der Waals surface area contributed by atoms with Gasteiger partial charge in [0.25, 0.3) is 5.91 Å². The minimum Gasteiger partial charge on any atom is -0.492 e. The summed E-state index contributed by atoms with van der Waals surface area (Å²) in [5.41, 5.74) is 4.10. The van der Waals surface area contributed by atoms with E-state index in [-0.39, 0.29) is 11.9 Å². The number of carbonyl (C=O) groups excluding carboxylic acids is 2. The average molecular weight is 452 g/mol. The van der Waals surface area contributed by atoms with Crippen LogP contribution in [0, 0.1) is 6.92 Å². The molecule has 3 rings (SSSR count). The fraction of sp³-hybridized carbons (Fsp3) is 0.231. The average Bonchev–Trinajstić information content (AvgIpc) is 2.80. The maximum Gasteiger partial charge on any atom is 0.337 e. The Kier molecular flexibility index (Phi) is 7.90. The van der Waals surface area contributed by atoms with E-state index in [1.54, 1.807) is 42.5 Å². The zero-order chi connectivity index (χ0) is 23.1. The van der Waals surface area contributed by atoms with Crippen molar-refractivity contribution in [2.45, 2.75) is 26.3 Å². The molecule has 0 saturated carbocycles. The van der Waals surface area contributed by atoms with Gasteiger partial charge in [0.2, 0.25) is 0 Å². The Balaban J connectivity index is 1.68. The van der Waals surface area contributed by atoms with Crippen LogP contribution in [0.15, 0.2) is 66.7 Å². The maximum atomic E-state index is 13.0. The lowest BCUT2D eigenvalue weighted by molar-refractivity contribution is 0.0600. The highest BCUT2D eigenvalue weighted by Gasteiger charge is 2.17. The van der Waals surface area contributed by atoms with Crippen molar-refractivity contribution in [3.63, 3.8) is 0 Å². The highest BCUT2D eigenvalue weighted by molar-refractivity contribution is 6.31. The molecule has 0 aliphatic heterocycles. The highest BCUT2D eigenvalue weighted by Crippen LogP contribution is 2.25. The summed E-state index contributed by atoms with van der Waals surface area (Å²) >= 11 is 6.15. The fourth-order valence-corrected chi connectivity index (χ4v) is 3.52. The molecule has 0 unspecified atom stereocenters. The van der Waals surface area contributed by atoms with Crippen molar-refractivity contribution in [2.75, 3.05) is 13.7 Å². The molecule has 5 nitrogen and oxygen atoms in total. The highest BCUT2D eigenvalue weighted by atomic mass is 35.5. The van der Waals surface area contributed by atoms with Crippen molar-refractivity contribution in [3.05, 3.63) is 99.6 Å². The Morgan fingerprint density at radius 2 is 1.75 bits per heavy atom. The van der Waals surface area contributed by atoms with E-state index in [2.05, 4.69) is 24.4 Å². The van der Waals surface area contributed by atoms with E-state index in [1.165, 1.54) is 18.2 Å². The predicted octanol–water partition coefficient (Wildman–Crippen LogP) is 5.55.